The molecule has 0 spiro atoms. The Morgan fingerprint density at radius 3 is 2.45 bits per heavy atom. The second-order valence-electron chi connectivity index (χ2n) is 4.52. The van der Waals surface area contributed by atoms with Crippen molar-refractivity contribution in [3.05, 3.63) is 41.7 Å². The lowest BCUT2D eigenvalue weighted by atomic mass is 9.90. The van der Waals surface area contributed by atoms with Crippen LogP contribution >= 0.6 is 0 Å². The van der Waals surface area contributed by atoms with Gasteiger partial charge in [0.15, 0.2) is 0 Å². The van der Waals surface area contributed by atoms with Crippen LogP contribution < -0.4 is 5.32 Å². The van der Waals surface area contributed by atoms with Crippen molar-refractivity contribution in [1.82, 2.24) is 5.32 Å². The molecule has 0 saturated heterocycles. The number of nitrogens with one attached hydrogen (secondary N) is 1. The number of hydrogen-bond acceptors (Lipinski definition) is 5. The largest absolute Gasteiger partial charge is 0.508 e. The first-order valence-electron chi connectivity index (χ1n) is 6.03. The highest BCUT2D eigenvalue weighted by atomic mass is 16.5. The van der Waals surface area contributed by atoms with Crippen LogP contribution in [0.4, 0.5) is 0 Å². The van der Waals surface area contributed by atoms with E-state index in [9.17, 15) is 19.8 Å². The van der Waals surface area contributed by atoms with Crippen molar-refractivity contribution >= 4 is 17.4 Å². The Morgan fingerprint density at radius 2 is 1.95 bits per heavy atom. The molecule has 0 aromatic heterocycles. The third kappa shape index (κ3) is 1.85. The maximum Gasteiger partial charge on any atom is 0.342 e. The van der Waals surface area contributed by atoms with E-state index in [0.717, 1.165) is 7.11 Å². The number of benzene rings is 1. The van der Waals surface area contributed by atoms with Crippen LogP contribution in [0.3, 0.4) is 0 Å². The van der Waals surface area contributed by atoms with Crippen molar-refractivity contribution in [2.75, 3.05) is 7.11 Å². The number of carbonyl (C=O) groups excluding carboxylic acids is 2. The van der Waals surface area contributed by atoms with Crippen LogP contribution in [0.15, 0.2) is 36.1 Å². The van der Waals surface area contributed by atoms with Crippen LogP contribution in [-0.4, -0.2) is 40.8 Å². The van der Waals surface area contributed by atoms with Gasteiger partial charge in [-0.2, -0.15) is 0 Å². The summed E-state index contributed by atoms with van der Waals surface area (Å²) in [6.07, 6.45) is -1.35. The van der Waals surface area contributed by atoms with E-state index in [4.69, 9.17) is 0 Å². The van der Waals surface area contributed by atoms with E-state index in [1.807, 2.05) is 0 Å². The number of amides is 1. The number of aliphatic hydroxyl groups is 2. The molecule has 6 nitrogen and oxygen atoms in total. The van der Waals surface area contributed by atoms with Gasteiger partial charge in [0, 0.05) is 0 Å². The van der Waals surface area contributed by atoms with E-state index in [2.05, 4.69) is 10.1 Å². The summed E-state index contributed by atoms with van der Waals surface area (Å²) in [7, 11) is 1.12. The maximum atomic E-state index is 12.1. The standard InChI is InChI=1S/C14H15NO5/c1-8(16)14(13(19)20-2)11(17)10(12(18)15-14)9-6-4-3-5-7-9/h3-8,16-17H,1-2H3,(H,15,18)/t8-,14-/m1/s1. The number of methoxy groups -OCH3 is 1. The fraction of sp³-hybridized carbons (Fsp3) is 0.286. The Balaban J connectivity index is 2.63. The minimum Gasteiger partial charge on any atom is -0.508 e. The van der Waals surface area contributed by atoms with Gasteiger partial charge >= 0.3 is 5.97 Å². The molecule has 20 heavy (non-hydrogen) atoms. The van der Waals surface area contributed by atoms with Gasteiger partial charge in [-0.25, -0.2) is 4.79 Å². The van der Waals surface area contributed by atoms with E-state index < -0.39 is 29.3 Å². The topological polar surface area (TPSA) is 95.9 Å². The van der Waals surface area contributed by atoms with Crippen molar-refractivity contribution in [3.8, 4) is 0 Å². The molecule has 6 heteroatoms. The van der Waals surface area contributed by atoms with E-state index in [0.29, 0.717) is 5.56 Å². The lowest BCUT2D eigenvalue weighted by molar-refractivity contribution is -0.153. The van der Waals surface area contributed by atoms with Gasteiger partial charge in [0.1, 0.15) is 5.76 Å². The molecule has 0 unspecified atom stereocenters. The molecule has 0 saturated carbocycles. The van der Waals surface area contributed by atoms with Gasteiger partial charge in [-0.15, -0.1) is 0 Å². The van der Waals surface area contributed by atoms with E-state index >= 15 is 0 Å². The molecule has 106 valence electrons. The van der Waals surface area contributed by atoms with Gasteiger partial charge in [-0.3, -0.25) is 4.79 Å². The first-order chi connectivity index (χ1) is 9.45. The van der Waals surface area contributed by atoms with Gasteiger partial charge in [-0.1, -0.05) is 30.3 Å². The third-order valence-corrected chi connectivity index (χ3v) is 3.34. The van der Waals surface area contributed by atoms with Crippen molar-refractivity contribution in [2.45, 2.75) is 18.6 Å². The van der Waals surface area contributed by atoms with Crippen LogP contribution in [0, 0.1) is 0 Å². The summed E-state index contributed by atoms with van der Waals surface area (Å²) in [4.78, 5) is 24.0. The summed E-state index contributed by atoms with van der Waals surface area (Å²) in [6, 6.07) is 8.41. The third-order valence-electron chi connectivity index (χ3n) is 3.34. The SMILES string of the molecule is COC(=O)[C@]1([C@@H](C)O)NC(=O)C(c2ccccc2)=C1O. The minimum absolute atomic E-state index is 0.0445. The monoisotopic (exact) mass is 277 g/mol. The fourth-order valence-corrected chi connectivity index (χ4v) is 2.26. The van der Waals surface area contributed by atoms with Crippen molar-refractivity contribution in [1.29, 1.82) is 0 Å². The van der Waals surface area contributed by atoms with Crippen LogP contribution in [0.25, 0.3) is 5.57 Å². The average molecular weight is 277 g/mol. The first kappa shape index (κ1) is 14.1. The van der Waals surface area contributed by atoms with Gasteiger partial charge in [0.2, 0.25) is 5.54 Å². The molecule has 1 amide bonds. The molecule has 2 atom stereocenters. The Bertz CT molecular complexity index is 578. The van der Waals surface area contributed by atoms with Crippen molar-refractivity contribution in [2.24, 2.45) is 0 Å². The number of ether oxygens (including phenoxy) is 1. The molecular weight excluding hydrogens is 262 g/mol. The highest BCUT2D eigenvalue weighted by Crippen LogP contribution is 2.34. The normalized spacial score (nSPS) is 23.4. The van der Waals surface area contributed by atoms with Crippen LogP contribution in [0.2, 0.25) is 0 Å². The van der Waals surface area contributed by atoms with Crippen LogP contribution in [0.5, 0.6) is 0 Å². The molecule has 0 aliphatic carbocycles. The molecule has 1 aliphatic rings. The summed E-state index contributed by atoms with van der Waals surface area (Å²) < 4.78 is 4.59. The number of carbonyl (C=O) groups is 2. The molecule has 0 radical (unpaired) electrons. The zero-order valence-electron chi connectivity index (χ0n) is 11.1. The summed E-state index contributed by atoms with van der Waals surface area (Å²) in [5.41, 5.74) is -1.55. The lowest BCUT2D eigenvalue weighted by Gasteiger charge is -2.29. The minimum atomic E-state index is -1.96. The van der Waals surface area contributed by atoms with Gasteiger partial charge < -0.3 is 20.3 Å². The zero-order chi connectivity index (χ0) is 14.9. The first-order valence-corrected chi connectivity index (χ1v) is 6.03. The second kappa shape index (κ2) is 4.97. The molecule has 2 rings (SSSR count). The molecule has 0 fully saturated rings. The lowest BCUT2D eigenvalue weighted by Crippen LogP contribution is -2.59. The molecule has 1 aromatic rings. The summed E-state index contributed by atoms with van der Waals surface area (Å²) in [5.74, 6) is -2.10. The maximum absolute atomic E-state index is 12.1. The van der Waals surface area contributed by atoms with Crippen LogP contribution in [0.1, 0.15) is 12.5 Å². The van der Waals surface area contributed by atoms with E-state index in [1.165, 1.54) is 6.92 Å². The summed E-state index contributed by atoms with van der Waals surface area (Å²) >= 11 is 0. The van der Waals surface area contributed by atoms with Gasteiger partial charge in [-0.05, 0) is 12.5 Å². The van der Waals surface area contributed by atoms with Crippen molar-refractivity contribution < 1.29 is 24.5 Å². The predicted octanol–water partition coefficient (Wildman–Crippen LogP) is 0.378. The van der Waals surface area contributed by atoms with E-state index in [1.54, 1.807) is 30.3 Å². The fourth-order valence-electron chi connectivity index (χ4n) is 2.26. The molecule has 1 aromatic carbocycles. The van der Waals surface area contributed by atoms with Gasteiger partial charge in [0.05, 0.1) is 18.8 Å². The Kier molecular flexibility index (Phi) is 3.50. The molecule has 3 N–H and O–H groups in total. The molecule has 0 bridgehead atoms. The Hall–Kier alpha value is -2.34. The molecule has 1 aliphatic heterocycles. The molecule has 1 heterocycles. The van der Waals surface area contributed by atoms with E-state index in [-0.39, 0.29) is 5.57 Å². The Labute approximate surface area is 115 Å². The Morgan fingerprint density at radius 1 is 1.35 bits per heavy atom. The predicted molar refractivity (Wildman–Crippen MR) is 70.6 cm³/mol. The highest BCUT2D eigenvalue weighted by molar-refractivity contribution is 6.25. The van der Waals surface area contributed by atoms with Crippen molar-refractivity contribution in [3.63, 3.8) is 0 Å². The molecular formula is C14H15NO5. The zero-order valence-corrected chi connectivity index (χ0v) is 11.1. The summed E-state index contributed by atoms with van der Waals surface area (Å²) in [5, 5.41) is 22.5. The summed E-state index contributed by atoms with van der Waals surface area (Å²) in [6.45, 7) is 1.29. The quantitative estimate of drug-likeness (QED) is 0.694. The van der Waals surface area contributed by atoms with Crippen LogP contribution in [-0.2, 0) is 14.3 Å². The number of esters is 1. The van der Waals surface area contributed by atoms with Gasteiger partial charge in [0.25, 0.3) is 5.91 Å². The second-order valence-corrected chi connectivity index (χ2v) is 4.52. The smallest absolute Gasteiger partial charge is 0.342 e. The number of hydrogen-bond donors (Lipinski definition) is 3. The number of aliphatic hydroxyl groups excluding tert-OH is 2. The highest BCUT2D eigenvalue weighted by Gasteiger charge is 2.56. The average Bonchev–Trinajstić information content (AvgIpc) is 2.71. The number of rotatable bonds is 3.